The third-order valence-electron chi connectivity index (χ3n) is 13.7. The third kappa shape index (κ3) is 11.9. The Kier molecular flexibility index (Phi) is 18.1. The van der Waals surface area contributed by atoms with Gasteiger partial charge in [0.25, 0.3) is 0 Å². The Labute approximate surface area is 383 Å². The number of ether oxygens (including phenoxy) is 5. The summed E-state index contributed by atoms with van der Waals surface area (Å²) in [6.07, 6.45) is 3.71. The molecule has 1 aliphatic carbocycles. The standard InChI is InChI=1S/C45H71N7O9.CH3FS/c1-11-35-45(7)39(52(43(56)61-45)20-13-12-19-51-25-33(48-49-51)31-15-14-16-32(46)22-31)36(30-17-18-30)47-24-26(2)23-44(6,57-10)40(28(4)37(53)29(5)41(55)59-35)60-42-38(54)34(50(8)9)21-27(3)58-42;1-3-2/h14-16,22,25-30,34-36,38-40,42,47,54H,11-13,17-21,23-24,46H2,1-10H3;1H3/t26-,27?,28+,29-,34?,35-,36-,38?,39-,40-,42+,44-,45-;/m1./s1. The molecule has 0 spiro atoms. The average Bonchev–Trinajstić information content (AvgIpc) is 3.92. The fourth-order valence-electron chi connectivity index (χ4n) is 10.1. The summed E-state index contributed by atoms with van der Waals surface area (Å²) in [5.74, 6) is -2.83. The topological polar surface area (TPSA) is 193 Å². The van der Waals surface area contributed by atoms with Gasteiger partial charge >= 0.3 is 12.1 Å². The molecular formula is C46H74FN7O9S. The smallest absolute Gasteiger partial charge is 0.410 e. The number of halogens is 1. The van der Waals surface area contributed by atoms with Crippen molar-refractivity contribution in [2.45, 2.75) is 160 Å². The number of anilines is 1. The van der Waals surface area contributed by atoms with Crippen molar-refractivity contribution < 1.29 is 47.1 Å². The molecule has 4 heterocycles. The number of aryl methyl sites for hydroxylation is 1. The van der Waals surface area contributed by atoms with Gasteiger partial charge in [-0.3, -0.25) is 19.2 Å². The number of benzene rings is 1. The Morgan fingerprint density at radius 2 is 1.80 bits per heavy atom. The minimum absolute atomic E-state index is 0.00489. The maximum Gasteiger partial charge on any atom is 0.410 e. The number of unbranched alkanes of at least 4 members (excludes halogenated alkanes) is 1. The Balaban J connectivity index is 0.00000250. The maximum atomic E-state index is 14.5. The van der Waals surface area contributed by atoms with Gasteiger partial charge in [0.2, 0.25) is 0 Å². The number of esters is 1. The molecule has 2 aromatic rings. The van der Waals surface area contributed by atoms with Crippen molar-refractivity contribution in [1.29, 1.82) is 0 Å². The zero-order chi connectivity index (χ0) is 47.1. The summed E-state index contributed by atoms with van der Waals surface area (Å²) < 4.78 is 43.9. The van der Waals surface area contributed by atoms with Crippen LogP contribution in [0.15, 0.2) is 30.5 Å². The normalized spacial score (nSPS) is 35.4. The first-order valence-electron chi connectivity index (χ1n) is 22.9. The second-order valence-corrected chi connectivity index (χ2v) is 19.3. The van der Waals surface area contributed by atoms with E-state index in [1.165, 1.54) is 6.26 Å². The third-order valence-corrected chi connectivity index (χ3v) is 13.7. The number of hydrogen-bond acceptors (Lipinski definition) is 15. The predicted octanol–water partition coefficient (Wildman–Crippen LogP) is 5.91. The molecule has 3 unspecified atom stereocenters. The molecule has 3 aliphatic heterocycles. The molecule has 6 rings (SSSR count). The van der Waals surface area contributed by atoms with E-state index in [0.717, 1.165) is 30.5 Å². The highest BCUT2D eigenvalue weighted by Gasteiger charge is 2.61. The molecule has 0 radical (unpaired) electrons. The van der Waals surface area contributed by atoms with E-state index in [2.05, 4.69) is 22.6 Å². The molecule has 4 aliphatic rings. The monoisotopic (exact) mass is 920 g/mol. The Morgan fingerprint density at radius 3 is 2.42 bits per heavy atom. The van der Waals surface area contributed by atoms with E-state index >= 15 is 0 Å². The molecule has 4 fully saturated rings. The van der Waals surface area contributed by atoms with Crippen LogP contribution in [0.5, 0.6) is 0 Å². The van der Waals surface area contributed by atoms with Crippen molar-refractivity contribution >= 4 is 35.7 Å². The summed E-state index contributed by atoms with van der Waals surface area (Å²) in [4.78, 5) is 46.5. The van der Waals surface area contributed by atoms with Crippen LogP contribution in [-0.4, -0.2) is 148 Å². The summed E-state index contributed by atoms with van der Waals surface area (Å²) >= 11 is 0.250. The van der Waals surface area contributed by atoms with Crippen LogP contribution in [0.4, 0.5) is 14.4 Å². The van der Waals surface area contributed by atoms with Gasteiger partial charge in [0.15, 0.2) is 17.7 Å². The number of carbonyl (C=O) groups excluding carboxylic acids is 3. The lowest BCUT2D eigenvalue weighted by Crippen LogP contribution is -2.62. The zero-order valence-electron chi connectivity index (χ0n) is 39.7. The quantitative estimate of drug-likeness (QED) is 0.0985. The molecule has 1 saturated carbocycles. The number of rotatable bonds is 12. The lowest BCUT2D eigenvalue weighted by Gasteiger charge is -2.46. The number of nitrogens with zero attached hydrogens (tertiary/aromatic N) is 5. The van der Waals surface area contributed by atoms with Crippen LogP contribution in [0, 0.1) is 23.7 Å². The van der Waals surface area contributed by atoms with Crippen molar-refractivity contribution in [3.05, 3.63) is 30.5 Å². The van der Waals surface area contributed by atoms with Crippen LogP contribution in [-0.2, 0) is 39.8 Å². The lowest BCUT2D eigenvalue weighted by molar-refractivity contribution is -0.295. The molecule has 64 heavy (non-hydrogen) atoms. The van der Waals surface area contributed by atoms with Crippen LogP contribution in [0.3, 0.4) is 0 Å². The zero-order valence-corrected chi connectivity index (χ0v) is 40.5. The molecule has 1 amide bonds. The number of Topliss-reactive ketones (excluding diaryl/α,β-unsaturated/α-hetero) is 1. The maximum absolute atomic E-state index is 14.5. The van der Waals surface area contributed by atoms with Crippen molar-refractivity contribution in [3.63, 3.8) is 0 Å². The molecule has 1 aromatic carbocycles. The summed E-state index contributed by atoms with van der Waals surface area (Å²) in [5, 5.41) is 24.0. The molecular weight excluding hydrogens is 846 g/mol. The van der Waals surface area contributed by atoms with Gasteiger partial charge in [0.1, 0.15) is 23.8 Å². The van der Waals surface area contributed by atoms with Crippen molar-refractivity contribution in [2.24, 2.45) is 23.7 Å². The van der Waals surface area contributed by atoms with E-state index in [9.17, 15) is 23.4 Å². The highest BCUT2D eigenvalue weighted by atomic mass is 32.2. The minimum Gasteiger partial charge on any atom is -0.458 e. The molecule has 360 valence electrons. The average molecular weight is 920 g/mol. The SMILES string of the molecule is CC[C@H]1OC(=O)[C@H](C)C(=O)[C@H](C)[C@@H](O[C@@H]2OC(C)CC(N(C)C)C2O)[C@](C)(OC)C[C@@H](C)CN[C@H](C2CC2)[C@H]2N(CCCCn3cc(-c4cccc(N)c4)nn3)C(=O)O[C@]12C.CSF. The Bertz CT molecular complexity index is 1860. The number of cyclic esters (lactones) is 1. The van der Waals surface area contributed by atoms with Crippen LogP contribution < -0.4 is 11.1 Å². The molecule has 16 nitrogen and oxygen atoms in total. The van der Waals surface area contributed by atoms with Crippen molar-refractivity contribution in [2.75, 3.05) is 46.3 Å². The van der Waals surface area contributed by atoms with Gasteiger partial charge in [-0.25, -0.2) is 4.79 Å². The van der Waals surface area contributed by atoms with Crippen LogP contribution >= 0.6 is 12.1 Å². The number of amides is 1. The van der Waals surface area contributed by atoms with E-state index in [0.29, 0.717) is 51.0 Å². The fraction of sp³-hybridized carbons (Fsp3) is 0.761. The van der Waals surface area contributed by atoms with Crippen molar-refractivity contribution in [3.8, 4) is 11.3 Å². The van der Waals surface area contributed by atoms with Gasteiger partial charge in [-0.2, -0.15) is 3.89 Å². The number of fused-ring (bicyclic) bond motifs is 1. The number of nitrogen functional groups attached to an aromatic ring is 1. The number of aromatic nitrogens is 3. The predicted molar refractivity (Wildman–Crippen MR) is 244 cm³/mol. The second-order valence-electron chi connectivity index (χ2n) is 19.0. The Hall–Kier alpha value is -3.39. The van der Waals surface area contributed by atoms with Crippen molar-refractivity contribution in [1.82, 2.24) is 30.1 Å². The van der Waals surface area contributed by atoms with E-state index in [4.69, 9.17) is 29.4 Å². The number of nitrogens with one attached hydrogen (secondary N) is 1. The number of ketones is 1. The number of methoxy groups -OCH3 is 1. The number of nitrogens with two attached hydrogens (primary N) is 1. The first kappa shape index (κ1) is 51.6. The largest absolute Gasteiger partial charge is 0.458 e. The van der Waals surface area contributed by atoms with Gasteiger partial charge in [0.05, 0.1) is 30.0 Å². The van der Waals surface area contributed by atoms with E-state index in [1.54, 1.807) is 25.6 Å². The molecule has 1 aromatic heterocycles. The van der Waals surface area contributed by atoms with Crippen LogP contribution in [0.2, 0.25) is 0 Å². The molecule has 0 bridgehead atoms. The molecule has 4 N–H and O–H groups in total. The summed E-state index contributed by atoms with van der Waals surface area (Å²) in [7, 11) is 5.43. The molecule has 13 atom stereocenters. The van der Waals surface area contributed by atoms with Gasteiger partial charge in [-0.1, -0.05) is 38.1 Å². The van der Waals surface area contributed by atoms with Crippen LogP contribution in [0.25, 0.3) is 11.3 Å². The first-order chi connectivity index (χ1) is 30.3. The highest BCUT2D eigenvalue weighted by Crippen LogP contribution is 2.45. The highest BCUT2D eigenvalue weighted by molar-refractivity contribution is 7.93. The van der Waals surface area contributed by atoms with E-state index in [-0.39, 0.29) is 48.0 Å². The van der Waals surface area contributed by atoms with Crippen LogP contribution in [0.1, 0.15) is 93.4 Å². The fourth-order valence-corrected chi connectivity index (χ4v) is 10.1. The summed E-state index contributed by atoms with van der Waals surface area (Å²) in [5.41, 5.74) is 6.02. The minimum atomic E-state index is -1.21. The summed E-state index contributed by atoms with van der Waals surface area (Å²) in [6.45, 7) is 14.7. The van der Waals surface area contributed by atoms with E-state index < -0.39 is 65.7 Å². The first-order valence-corrected chi connectivity index (χ1v) is 24.0. The van der Waals surface area contributed by atoms with Gasteiger partial charge in [0, 0.05) is 67.9 Å². The molecule has 3 saturated heterocycles. The van der Waals surface area contributed by atoms with E-state index in [1.807, 2.05) is 82.1 Å². The number of likely N-dealkylation sites (N-methyl/N-ethyl adjacent to an activating group) is 1. The van der Waals surface area contributed by atoms with Gasteiger partial charge < -0.3 is 44.7 Å². The number of aliphatic hydroxyl groups is 1. The molecule has 18 heteroatoms. The Morgan fingerprint density at radius 1 is 1.11 bits per heavy atom. The van der Waals surface area contributed by atoms with Gasteiger partial charge in [-0.15, -0.1) is 5.10 Å². The second kappa shape index (κ2) is 22.4. The number of carbonyl (C=O) groups is 3. The number of hydrogen-bond donors (Lipinski definition) is 3. The number of aliphatic hydroxyl groups excluding tert-OH is 1. The summed E-state index contributed by atoms with van der Waals surface area (Å²) in [6, 6.07) is 6.67. The lowest BCUT2D eigenvalue weighted by atomic mass is 9.78. The van der Waals surface area contributed by atoms with Gasteiger partial charge in [-0.05, 0) is 117 Å².